The number of benzene rings is 2. The van der Waals surface area contributed by atoms with Gasteiger partial charge in [0.05, 0.1) is 5.39 Å². The van der Waals surface area contributed by atoms with Crippen molar-refractivity contribution in [2.45, 2.75) is 71.7 Å². The molecule has 242 valence electrons. The largest absolute Gasteiger partial charge is 0.444 e. The number of aryl methyl sites for hydroxylation is 3. The lowest BCUT2D eigenvalue weighted by molar-refractivity contribution is -0.148. The number of para-hydroxylation sites is 1. The molecule has 0 unspecified atom stereocenters. The Morgan fingerprint density at radius 2 is 1.70 bits per heavy atom. The molecule has 1 fully saturated rings. The van der Waals surface area contributed by atoms with Crippen LogP contribution in [0.4, 0.5) is 32.3 Å². The van der Waals surface area contributed by atoms with Crippen LogP contribution in [0.2, 0.25) is 0 Å². The number of carbonyl (C=O) groups excluding carboxylic acids is 2. The quantitative estimate of drug-likeness (QED) is 0.273. The van der Waals surface area contributed by atoms with Gasteiger partial charge in [-0.1, -0.05) is 24.3 Å². The summed E-state index contributed by atoms with van der Waals surface area (Å²) in [4.78, 5) is 38.2. The van der Waals surface area contributed by atoms with Crippen LogP contribution in [0.1, 0.15) is 55.9 Å². The lowest BCUT2D eigenvalue weighted by atomic mass is 9.90. The van der Waals surface area contributed by atoms with Crippen LogP contribution in [0.3, 0.4) is 0 Å². The average Bonchev–Trinajstić information content (AvgIpc) is 3.31. The van der Waals surface area contributed by atoms with Crippen LogP contribution < -0.4 is 10.6 Å². The molecule has 0 atom stereocenters. The smallest absolute Gasteiger partial charge is 0.410 e. The SMILES string of the molecule is Cc1cccc(C)c1Nc1nn(C)c2nc(Nc3ccc4c(c3)CN(C(=O)C3(F)CCN(C(=O)OC(C)(C)C)CC3)CC4)ncc12. The first-order valence-electron chi connectivity index (χ1n) is 15.7. The van der Waals surface area contributed by atoms with E-state index in [4.69, 9.17) is 9.72 Å². The molecule has 6 rings (SSSR count). The first-order chi connectivity index (χ1) is 21.8. The summed E-state index contributed by atoms with van der Waals surface area (Å²) in [6.45, 7) is 10.5. The summed E-state index contributed by atoms with van der Waals surface area (Å²) in [7, 11) is 1.85. The predicted octanol–water partition coefficient (Wildman–Crippen LogP) is 6.09. The second-order valence-corrected chi connectivity index (χ2v) is 13.3. The first kappa shape index (κ1) is 31.3. The predicted molar refractivity (Wildman–Crippen MR) is 175 cm³/mol. The normalized spacial score (nSPS) is 16.2. The number of rotatable bonds is 5. The molecule has 0 aliphatic carbocycles. The van der Waals surface area contributed by atoms with E-state index < -0.39 is 23.3 Å². The van der Waals surface area contributed by atoms with E-state index in [0.29, 0.717) is 36.9 Å². The Balaban J connectivity index is 1.13. The topological polar surface area (TPSA) is 118 Å². The van der Waals surface area contributed by atoms with Crippen molar-refractivity contribution in [3.05, 3.63) is 64.8 Å². The molecule has 12 heteroatoms. The number of carbonyl (C=O) groups is 2. The van der Waals surface area contributed by atoms with Gasteiger partial charge in [-0.05, 0) is 75.4 Å². The molecule has 2 N–H and O–H groups in total. The fraction of sp³-hybridized carbons (Fsp3) is 0.441. The van der Waals surface area contributed by atoms with Gasteiger partial charge in [0.1, 0.15) is 5.60 Å². The minimum atomic E-state index is -2.01. The number of amides is 2. The molecule has 2 aliphatic rings. The fourth-order valence-electron chi connectivity index (χ4n) is 6.13. The summed E-state index contributed by atoms with van der Waals surface area (Å²) in [6.07, 6.45) is 1.81. The summed E-state index contributed by atoms with van der Waals surface area (Å²) in [5.74, 6) is 0.578. The van der Waals surface area contributed by atoms with Gasteiger partial charge in [-0.25, -0.2) is 18.9 Å². The summed E-state index contributed by atoms with van der Waals surface area (Å²) in [5.41, 5.74) is 4.11. The van der Waals surface area contributed by atoms with Crippen LogP contribution in [-0.4, -0.2) is 72.5 Å². The lowest BCUT2D eigenvalue weighted by Crippen LogP contribution is -2.54. The maximum Gasteiger partial charge on any atom is 0.410 e. The van der Waals surface area contributed by atoms with Gasteiger partial charge in [-0.15, -0.1) is 0 Å². The van der Waals surface area contributed by atoms with E-state index >= 15 is 4.39 Å². The number of ether oxygens (including phenoxy) is 1. The average molecular weight is 629 g/mol. The van der Waals surface area contributed by atoms with Gasteiger partial charge in [-0.2, -0.15) is 10.1 Å². The van der Waals surface area contributed by atoms with Gasteiger partial charge < -0.3 is 25.2 Å². The van der Waals surface area contributed by atoms with Crippen molar-refractivity contribution in [1.82, 2.24) is 29.5 Å². The van der Waals surface area contributed by atoms with Crippen molar-refractivity contribution in [2.75, 3.05) is 30.3 Å². The monoisotopic (exact) mass is 628 g/mol. The van der Waals surface area contributed by atoms with Gasteiger partial charge in [0.2, 0.25) is 5.95 Å². The van der Waals surface area contributed by atoms with E-state index in [1.54, 1.807) is 36.5 Å². The molecule has 0 saturated carbocycles. The Labute approximate surface area is 268 Å². The molecule has 2 aromatic carbocycles. The van der Waals surface area contributed by atoms with Gasteiger partial charge in [0.15, 0.2) is 17.1 Å². The Morgan fingerprint density at radius 3 is 2.39 bits per heavy atom. The number of piperidine rings is 1. The van der Waals surface area contributed by atoms with Gasteiger partial charge >= 0.3 is 6.09 Å². The highest BCUT2D eigenvalue weighted by Crippen LogP contribution is 2.33. The standard InChI is InChI=1S/C34H41FN8O3/c1-21-8-7-9-22(2)27(21)38-28-26-19-36-31(39-29(26)41(6)40-28)37-25-11-10-23-12-15-43(20-24(23)18-25)30(44)34(35)13-16-42(17-14-34)32(45)46-33(3,4)5/h7-11,18-19H,12-17,20H2,1-6H3,(H,38,40)(H,36,37,39). The van der Waals surface area contributed by atoms with Crippen molar-refractivity contribution in [1.29, 1.82) is 0 Å². The molecule has 4 heterocycles. The molecule has 2 aliphatic heterocycles. The second-order valence-electron chi connectivity index (χ2n) is 13.3. The van der Waals surface area contributed by atoms with E-state index in [1.165, 1.54) is 4.90 Å². The number of hydrogen-bond acceptors (Lipinski definition) is 8. The van der Waals surface area contributed by atoms with E-state index in [2.05, 4.69) is 46.7 Å². The highest BCUT2D eigenvalue weighted by atomic mass is 19.1. The Hall–Kier alpha value is -4.74. The Kier molecular flexibility index (Phi) is 8.07. The number of fused-ring (bicyclic) bond motifs is 2. The zero-order chi connectivity index (χ0) is 32.8. The van der Waals surface area contributed by atoms with Gasteiger partial charge in [-0.3, -0.25) is 4.79 Å². The zero-order valence-electron chi connectivity index (χ0n) is 27.3. The summed E-state index contributed by atoms with van der Waals surface area (Å²) < 4.78 is 23.1. The molecule has 1 saturated heterocycles. The molecule has 4 aromatic rings. The van der Waals surface area contributed by atoms with E-state index in [9.17, 15) is 9.59 Å². The number of hydrogen-bond donors (Lipinski definition) is 2. The Morgan fingerprint density at radius 1 is 0.978 bits per heavy atom. The van der Waals surface area contributed by atoms with Gasteiger partial charge in [0, 0.05) is 63.6 Å². The number of aromatic nitrogens is 4. The minimum Gasteiger partial charge on any atom is -0.444 e. The van der Waals surface area contributed by atoms with E-state index in [1.807, 2.05) is 31.3 Å². The van der Waals surface area contributed by atoms with Crippen molar-refractivity contribution < 1.29 is 18.7 Å². The number of halogens is 1. The maximum atomic E-state index is 16.0. The first-order valence-corrected chi connectivity index (χ1v) is 15.7. The number of nitrogens with zero attached hydrogens (tertiary/aromatic N) is 6. The molecule has 11 nitrogen and oxygen atoms in total. The molecule has 0 spiro atoms. The molecule has 2 aromatic heterocycles. The lowest BCUT2D eigenvalue weighted by Gasteiger charge is -2.39. The molecular formula is C34H41FN8O3. The van der Waals surface area contributed by atoms with Crippen LogP contribution in [0.25, 0.3) is 11.0 Å². The molecule has 0 radical (unpaired) electrons. The molecule has 2 amide bonds. The van der Waals surface area contributed by atoms with E-state index in [0.717, 1.165) is 39.0 Å². The van der Waals surface area contributed by atoms with Crippen LogP contribution >= 0.6 is 0 Å². The van der Waals surface area contributed by atoms with Crippen LogP contribution in [0.5, 0.6) is 0 Å². The summed E-state index contributed by atoms with van der Waals surface area (Å²) >= 11 is 0. The number of likely N-dealkylation sites (tertiary alicyclic amines) is 1. The van der Waals surface area contributed by atoms with Crippen molar-refractivity contribution in [2.24, 2.45) is 7.05 Å². The van der Waals surface area contributed by atoms with Crippen LogP contribution in [0, 0.1) is 13.8 Å². The number of anilines is 4. The number of nitrogens with one attached hydrogen (secondary N) is 2. The van der Waals surface area contributed by atoms with Crippen molar-refractivity contribution in [3.63, 3.8) is 0 Å². The van der Waals surface area contributed by atoms with Crippen molar-refractivity contribution >= 4 is 46.2 Å². The molecular weight excluding hydrogens is 587 g/mol. The third-order valence-corrected chi connectivity index (χ3v) is 8.66. The third-order valence-electron chi connectivity index (χ3n) is 8.66. The fourth-order valence-corrected chi connectivity index (χ4v) is 6.13. The minimum absolute atomic E-state index is 0.0499. The third kappa shape index (κ3) is 6.33. The van der Waals surface area contributed by atoms with E-state index in [-0.39, 0.29) is 25.9 Å². The zero-order valence-corrected chi connectivity index (χ0v) is 27.3. The highest BCUT2D eigenvalue weighted by molar-refractivity contribution is 5.90. The van der Waals surface area contributed by atoms with Crippen LogP contribution in [0.15, 0.2) is 42.6 Å². The number of alkyl halides is 1. The summed E-state index contributed by atoms with van der Waals surface area (Å²) in [6, 6.07) is 12.1. The Bertz CT molecular complexity index is 1790. The van der Waals surface area contributed by atoms with Gasteiger partial charge in [0.25, 0.3) is 5.91 Å². The second kappa shape index (κ2) is 11.9. The summed E-state index contributed by atoms with van der Waals surface area (Å²) in [5, 5.41) is 12.2. The molecule has 0 bridgehead atoms. The van der Waals surface area contributed by atoms with Crippen molar-refractivity contribution in [3.8, 4) is 0 Å². The highest BCUT2D eigenvalue weighted by Gasteiger charge is 2.46. The maximum absolute atomic E-state index is 16.0. The molecule has 46 heavy (non-hydrogen) atoms. The van der Waals surface area contributed by atoms with Crippen LogP contribution in [-0.2, 0) is 29.5 Å².